The largest absolute Gasteiger partial charge is 0.457 e. The van der Waals surface area contributed by atoms with Crippen LogP contribution in [0.1, 0.15) is 37.8 Å². The summed E-state index contributed by atoms with van der Waals surface area (Å²) in [5.74, 6) is 1.84. The molecule has 0 aliphatic heterocycles. The number of likely N-dealkylation sites (N-methyl/N-ethyl adjacent to an activating group) is 1. The molecule has 1 aliphatic carbocycles. The number of hydrogen-bond acceptors (Lipinski definition) is 3. The van der Waals surface area contributed by atoms with E-state index in [1.807, 2.05) is 7.05 Å². The lowest BCUT2D eigenvalue weighted by atomic mass is 10.0. The monoisotopic (exact) mass is 402 g/mol. The Morgan fingerprint density at radius 2 is 1.73 bits per heavy atom. The summed E-state index contributed by atoms with van der Waals surface area (Å²) < 4.78 is 6.23. The number of rotatable bonds is 9. The van der Waals surface area contributed by atoms with Crippen molar-refractivity contribution in [3.63, 3.8) is 0 Å². The van der Waals surface area contributed by atoms with E-state index in [-0.39, 0.29) is 0 Å². The molecule has 1 unspecified atom stereocenters. The van der Waals surface area contributed by atoms with Gasteiger partial charge in [-0.15, -0.1) is 0 Å². The molecule has 3 rings (SSSR count). The van der Waals surface area contributed by atoms with Gasteiger partial charge in [0.2, 0.25) is 0 Å². The van der Waals surface area contributed by atoms with Gasteiger partial charge in [-0.25, -0.2) is 0 Å². The standard InChI is InChI=1S/C27H34N2O/c1-21-8-7-11-25(22(2)28-3)14-17-27(21)30-26-15-12-24(13-16-26)20-29-19-18-23-9-5-4-6-10-23/h4-6,9-17,22,28-29H,7-8,18-20H2,1-3H3/b17-14-,25-11+,27-21?. The fourth-order valence-electron chi connectivity index (χ4n) is 3.48. The molecule has 0 spiro atoms. The summed E-state index contributed by atoms with van der Waals surface area (Å²) in [5, 5.41) is 6.83. The Kier molecular flexibility index (Phi) is 8.49. The fraction of sp³-hybridized carbons (Fsp3) is 0.333. The normalized spacial score (nSPS) is 18.2. The maximum absolute atomic E-state index is 6.23. The summed E-state index contributed by atoms with van der Waals surface area (Å²) >= 11 is 0. The summed E-state index contributed by atoms with van der Waals surface area (Å²) in [7, 11) is 1.99. The number of hydrogen-bond donors (Lipinski definition) is 2. The molecular weight excluding hydrogens is 368 g/mol. The van der Waals surface area contributed by atoms with E-state index in [9.17, 15) is 0 Å². The van der Waals surface area contributed by atoms with Gasteiger partial charge in [-0.3, -0.25) is 0 Å². The van der Waals surface area contributed by atoms with Gasteiger partial charge in [0, 0.05) is 12.6 Å². The van der Waals surface area contributed by atoms with E-state index in [1.54, 1.807) is 0 Å². The SMILES string of the molecule is CNC(C)C1=C/CCC(C)=C(Oc2ccc(CNCCc3ccccc3)cc2)/C=C\1. The van der Waals surface area contributed by atoms with E-state index >= 15 is 0 Å². The Hall–Kier alpha value is -2.62. The molecule has 30 heavy (non-hydrogen) atoms. The van der Waals surface area contributed by atoms with Crippen molar-refractivity contribution < 1.29 is 4.74 Å². The number of allylic oxidation sites excluding steroid dienone is 3. The highest BCUT2D eigenvalue weighted by molar-refractivity contribution is 5.36. The van der Waals surface area contributed by atoms with Gasteiger partial charge < -0.3 is 15.4 Å². The van der Waals surface area contributed by atoms with Gasteiger partial charge in [-0.05, 0) is 87.2 Å². The third-order valence-electron chi connectivity index (χ3n) is 5.59. The van der Waals surface area contributed by atoms with E-state index in [1.165, 1.54) is 22.3 Å². The van der Waals surface area contributed by atoms with Crippen molar-refractivity contribution in [1.29, 1.82) is 0 Å². The molecule has 0 saturated carbocycles. The van der Waals surface area contributed by atoms with Crippen molar-refractivity contribution in [2.24, 2.45) is 0 Å². The van der Waals surface area contributed by atoms with Crippen LogP contribution >= 0.6 is 0 Å². The Morgan fingerprint density at radius 1 is 0.967 bits per heavy atom. The van der Waals surface area contributed by atoms with Crippen LogP contribution in [-0.2, 0) is 13.0 Å². The van der Waals surface area contributed by atoms with Crippen molar-refractivity contribution in [3.05, 3.63) is 101 Å². The maximum atomic E-state index is 6.23. The van der Waals surface area contributed by atoms with Gasteiger partial charge in [0.15, 0.2) is 0 Å². The molecule has 0 fully saturated rings. The van der Waals surface area contributed by atoms with E-state index in [0.29, 0.717) is 6.04 Å². The Balaban J connectivity index is 1.53. The Labute approximate surface area is 181 Å². The molecule has 2 N–H and O–H groups in total. The van der Waals surface area contributed by atoms with Crippen molar-refractivity contribution >= 4 is 0 Å². The molecule has 0 radical (unpaired) electrons. The molecule has 0 bridgehead atoms. The van der Waals surface area contributed by atoms with E-state index in [0.717, 1.165) is 43.9 Å². The van der Waals surface area contributed by atoms with Gasteiger partial charge in [0.05, 0.1) is 0 Å². The summed E-state index contributed by atoms with van der Waals surface area (Å²) in [4.78, 5) is 0. The minimum atomic E-state index is 0.342. The predicted octanol–water partition coefficient (Wildman–Crippen LogP) is 5.56. The van der Waals surface area contributed by atoms with Crippen LogP contribution in [0, 0.1) is 0 Å². The van der Waals surface area contributed by atoms with Crippen molar-refractivity contribution in [2.45, 2.75) is 45.7 Å². The van der Waals surface area contributed by atoms with Crippen LogP contribution in [0.25, 0.3) is 0 Å². The van der Waals surface area contributed by atoms with Gasteiger partial charge in [-0.1, -0.05) is 54.6 Å². The van der Waals surface area contributed by atoms with Crippen molar-refractivity contribution in [1.82, 2.24) is 10.6 Å². The number of nitrogens with one attached hydrogen (secondary N) is 2. The van der Waals surface area contributed by atoms with E-state index < -0.39 is 0 Å². The topological polar surface area (TPSA) is 33.3 Å². The molecule has 0 saturated heterocycles. The van der Waals surface area contributed by atoms with Crippen LogP contribution in [0.3, 0.4) is 0 Å². The molecule has 158 valence electrons. The smallest absolute Gasteiger partial charge is 0.127 e. The molecule has 2 aromatic carbocycles. The minimum Gasteiger partial charge on any atom is -0.457 e. The fourth-order valence-corrected chi connectivity index (χ4v) is 3.48. The summed E-state index contributed by atoms with van der Waals surface area (Å²) in [6.45, 7) is 6.18. The zero-order valence-electron chi connectivity index (χ0n) is 18.4. The molecule has 3 heteroatoms. The first-order valence-corrected chi connectivity index (χ1v) is 10.9. The summed E-state index contributed by atoms with van der Waals surface area (Å²) in [6.07, 6.45) is 9.69. The second-order valence-corrected chi connectivity index (χ2v) is 7.89. The lowest BCUT2D eigenvalue weighted by Crippen LogP contribution is -2.23. The van der Waals surface area contributed by atoms with Crippen LogP contribution < -0.4 is 15.4 Å². The summed E-state index contributed by atoms with van der Waals surface area (Å²) in [5.41, 5.74) is 5.22. The van der Waals surface area contributed by atoms with Gasteiger partial charge in [0.25, 0.3) is 0 Å². The van der Waals surface area contributed by atoms with Gasteiger partial charge in [0.1, 0.15) is 11.5 Å². The molecule has 0 amide bonds. The zero-order valence-corrected chi connectivity index (χ0v) is 18.4. The van der Waals surface area contributed by atoms with Crippen LogP contribution in [0.5, 0.6) is 5.75 Å². The first-order chi connectivity index (χ1) is 14.7. The molecule has 0 aromatic heterocycles. The zero-order chi connectivity index (χ0) is 21.2. The minimum absolute atomic E-state index is 0.342. The van der Waals surface area contributed by atoms with Crippen LogP contribution in [-0.4, -0.2) is 19.6 Å². The second kappa shape index (κ2) is 11.5. The molecular formula is C27H34N2O. The maximum Gasteiger partial charge on any atom is 0.127 e. The third-order valence-corrected chi connectivity index (χ3v) is 5.59. The number of benzene rings is 2. The third kappa shape index (κ3) is 6.72. The summed E-state index contributed by atoms with van der Waals surface area (Å²) in [6, 6.07) is 19.3. The Bertz CT molecular complexity index is 879. The van der Waals surface area contributed by atoms with Gasteiger partial charge in [-0.2, -0.15) is 0 Å². The second-order valence-electron chi connectivity index (χ2n) is 7.89. The molecule has 3 nitrogen and oxygen atoms in total. The van der Waals surface area contributed by atoms with Crippen molar-refractivity contribution in [2.75, 3.05) is 13.6 Å². The molecule has 1 aliphatic rings. The quantitative estimate of drug-likeness (QED) is 0.539. The highest BCUT2D eigenvalue weighted by atomic mass is 16.5. The highest BCUT2D eigenvalue weighted by Gasteiger charge is 2.09. The van der Waals surface area contributed by atoms with E-state index in [4.69, 9.17) is 4.74 Å². The molecule has 0 heterocycles. The average Bonchev–Trinajstić information content (AvgIpc) is 2.77. The molecule has 2 aromatic rings. The lowest BCUT2D eigenvalue weighted by Gasteiger charge is -2.16. The van der Waals surface area contributed by atoms with Crippen molar-refractivity contribution in [3.8, 4) is 5.75 Å². The number of ether oxygens (including phenoxy) is 1. The Morgan fingerprint density at radius 3 is 2.47 bits per heavy atom. The highest BCUT2D eigenvalue weighted by Crippen LogP contribution is 2.23. The first-order valence-electron chi connectivity index (χ1n) is 10.9. The van der Waals surface area contributed by atoms with Crippen LogP contribution in [0.2, 0.25) is 0 Å². The average molecular weight is 403 g/mol. The first kappa shape index (κ1) is 22.1. The van der Waals surface area contributed by atoms with E-state index in [2.05, 4.69) is 97.3 Å². The predicted molar refractivity (Wildman–Crippen MR) is 127 cm³/mol. The van der Waals surface area contributed by atoms with Crippen LogP contribution in [0.15, 0.2) is 89.7 Å². The lowest BCUT2D eigenvalue weighted by molar-refractivity contribution is 0.434. The van der Waals surface area contributed by atoms with Gasteiger partial charge >= 0.3 is 0 Å². The molecule has 1 atom stereocenters. The van der Waals surface area contributed by atoms with Crippen LogP contribution in [0.4, 0.5) is 0 Å².